The van der Waals surface area contributed by atoms with E-state index < -0.39 is 18.0 Å². The van der Waals surface area contributed by atoms with Crippen molar-refractivity contribution in [3.63, 3.8) is 0 Å². The summed E-state index contributed by atoms with van der Waals surface area (Å²) in [7, 11) is 0. The molecule has 0 spiro atoms. The van der Waals surface area contributed by atoms with Gasteiger partial charge in [0.1, 0.15) is 19.3 Å². The molecule has 7 heteroatoms. The minimum absolute atomic E-state index is 0.0622. The predicted molar refractivity (Wildman–Crippen MR) is 67.6 cm³/mol. The first-order chi connectivity index (χ1) is 9.06. The summed E-state index contributed by atoms with van der Waals surface area (Å²) in [6.45, 7) is 4.55. The van der Waals surface area contributed by atoms with E-state index in [2.05, 4.69) is 5.32 Å². The molecule has 112 valence electrons. The fraction of sp³-hybridized carbons (Fsp3) is 0.833. The minimum atomic E-state index is -0.453. The highest BCUT2D eigenvalue weighted by Gasteiger charge is 2.12. The SMILES string of the molecule is CC(=O)OCC(COC(C)=O)OCCCNCCO. The molecule has 0 amide bonds. The molecule has 0 saturated carbocycles. The Morgan fingerprint density at radius 1 is 1.11 bits per heavy atom. The minimum Gasteiger partial charge on any atom is -0.463 e. The molecule has 0 aliphatic rings. The van der Waals surface area contributed by atoms with E-state index in [0.29, 0.717) is 19.7 Å². The van der Waals surface area contributed by atoms with Gasteiger partial charge in [-0.05, 0) is 13.0 Å². The van der Waals surface area contributed by atoms with E-state index in [0.717, 1.165) is 6.42 Å². The smallest absolute Gasteiger partial charge is 0.302 e. The van der Waals surface area contributed by atoms with Crippen LogP contribution in [-0.2, 0) is 23.8 Å². The normalized spacial score (nSPS) is 10.5. The summed E-state index contributed by atoms with van der Waals surface area (Å²) in [4.78, 5) is 21.4. The van der Waals surface area contributed by atoms with Crippen LogP contribution in [0.3, 0.4) is 0 Å². The van der Waals surface area contributed by atoms with Crippen LogP contribution in [0.25, 0.3) is 0 Å². The van der Waals surface area contributed by atoms with Gasteiger partial charge in [-0.2, -0.15) is 0 Å². The Kier molecular flexibility index (Phi) is 11.1. The average molecular weight is 277 g/mol. The Hall–Kier alpha value is -1.18. The number of carbonyl (C=O) groups excluding carboxylic acids is 2. The van der Waals surface area contributed by atoms with Crippen LogP contribution in [0, 0.1) is 0 Å². The average Bonchev–Trinajstić information content (AvgIpc) is 2.35. The highest BCUT2D eigenvalue weighted by Crippen LogP contribution is 1.98. The lowest BCUT2D eigenvalue weighted by Gasteiger charge is -2.17. The van der Waals surface area contributed by atoms with Gasteiger partial charge in [-0.3, -0.25) is 9.59 Å². The lowest BCUT2D eigenvalue weighted by molar-refractivity contribution is -0.152. The molecule has 0 aromatic rings. The van der Waals surface area contributed by atoms with Gasteiger partial charge in [-0.25, -0.2) is 0 Å². The van der Waals surface area contributed by atoms with Gasteiger partial charge in [0.2, 0.25) is 0 Å². The summed E-state index contributed by atoms with van der Waals surface area (Å²) >= 11 is 0. The summed E-state index contributed by atoms with van der Waals surface area (Å²) < 4.78 is 15.1. The first kappa shape index (κ1) is 17.8. The second-order valence-corrected chi connectivity index (χ2v) is 3.93. The topological polar surface area (TPSA) is 94.1 Å². The van der Waals surface area contributed by atoms with Crippen molar-refractivity contribution in [3.05, 3.63) is 0 Å². The summed E-state index contributed by atoms with van der Waals surface area (Å²) in [6.07, 6.45) is 0.294. The number of aliphatic hydroxyl groups excluding tert-OH is 1. The number of esters is 2. The number of hydrogen-bond acceptors (Lipinski definition) is 7. The van der Waals surface area contributed by atoms with Gasteiger partial charge >= 0.3 is 11.9 Å². The lowest BCUT2D eigenvalue weighted by atomic mass is 10.4. The molecule has 0 saturated heterocycles. The van der Waals surface area contributed by atoms with Crippen molar-refractivity contribution in [2.24, 2.45) is 0 Å². The molecule has 0 bridgehead atoms. The van der Waals surface area contributed by atoms with Gasteiger partial charge in [0.05, 0.1) is 6.61 Å². The fourth-order valence-corrected chi connectivity index (χ4v) is 1.22. The number of ether oxygens (including phenoxy) is 3. The van der Waals surface area contributed by atoms with Gasteiger partial charge in [0, 0.05) is 27.0 Å². The third kappa shape index (κ3) is 13.1. The molecule has 0 heterocycles. The van der Waals surface area contributed by atoms with E-state index >= 15 is 0 Å². The second-order valence-electron chi connectivity index (χ2n) is 3.93. The molecule has 7 nitrogen and oxygen atoms in total. The van der Waals surface area contributed by atoms with Crippen molar-refractivity contribution in [3.8, 4) is 0 Å². The lowest BCUT2D eigenvalue weighted by Crippen LogP contribution is -2.29. The standard InChI is InChI=1S/C12H23NO6/c1-10(15)18-8-12(9-19-11(2)16)17-7-3-4-13-5-6-14/h12-14H,3-9H2,1-2H3. The summed E-state index contributed by atoms with van der Waals surface area (Å²) in [5.74, 6) is -0.804. The third-order valence-electron chi connectivity index (χ3n) is 2.09. The Morgan fingerprint density at radius 3 is 2.16 bits per heavy atom. The maximum Gasteiger partial charge on any atom is 0.302 e. The molecule has 0 aromatic heterocycles. The molecule has 0 radical (unpaired) electrons. The van der Waals surface area contributed by atoms with Gasteiger partial charge < -0.3 is 24.6 Å². The van der Waals surface area contributed by atoms with E-state index in [1.54, 1.807) is 0 Å². The Morgan fingerprint density at radius 2 is 1.68 bits per heavy atom. The number of hydrogen-bond donors (Lipinski definition) is 2. The molecule has 2 N–H and O–H groups in total. The van der Waals surface area contributed by atoms with E-state index in [4.69, 9.17) is 19.3 Å². The molecule has 0 fully saturated rings. The van der Waals surface area contributed by atoms with Crippen molar-refractivity contribution in [1.29, 1.82) is 0 Å². The van der Waals surface area contributed by atoms with Crippen LogP contribution in [0.5, 0.6) is 0 Å². The zero-order valence-corrected chi connectivity index (χ0v) is 11.5. The molecular weight excluding hydrogens is 254 g/mol. The fourth-order valence-electron chi connectivity index (χ4n) is 1.22. The maximum absolute atomic E-state index is 10.7. The first-order valence-electron chi connectivity index (χ1n) is 6.26. The zero-order chi connectivity index (χ0) is 14.5. The van der Waals surface area contributed by atoms with Gasteiger partial charge in [0.15, 0.2) is 0 Å². The van der Waals surface area contributed by atoms with Crippen LogP contribution >= 0.6 is 0 Å². The van der Waals surface area contributed by atoms with Gasteiger partial charge in [-0.15, -0.1) is 0 Å². The van der Waals surface area contributed by atoms with Crippen LogP contribution in [0.2, 0.25) is 0 Å². The molecule has 19 heavy (non-hydrogen) atoms. The summed E-state index contributed by atoms with van der Waals surface area (Å²) in [5, 5.41) is 11.6. The highest BCUT2D eigenvalue weighted by atomic mass is 16.6. The van der Waals surface area contributed by atoms with Crippen molar-refractivity contribution < 1.29 is 28.9 Å². The van der Waals surface area contributed by atoms with Crippen molar-refractivity contribution in [2.45, 2.75) is 26.4 Å². The van der Waals surface area contributed by atoms with Gasteiger partial charge in [-0.1, -0.05) is 0 Å². The Bertz CT molecular complexity index is 241. The van der Waals surface area contributed by atoms with Gasteiger partial charge in [0.25, 0.3) is 0 Å². The first-order valence-corrected chi connectivity index (χ1v) is 6.26. The Labute approximate surface area is 113 Å². The molecule has 0 aliphatic carbocycles. The molecule has 0 rings (SSSR count). The second kappa shape index (κ2) is 11.9. The van der Waals surface area contributed by atoms with Crippen LogP contribution < -0.4 is 5.32 Å². The van der Waals surface area contributed by atoms with Crippen LogP contribution in [0.1, 0.15) is 20.3 Å². The Balaban J connectivity index is 3.76. The quantitative estimate of drug-likeness (QED) is 0.387. The van der Waals surface area contributed by atoms with Crippen molar-refractivity contribution in [2.75, 3.05) is 39.5 Å². The maximum atomic E-state index is 10.7. The van der Waals surface area contributed by atoms with Crippen LogP contribution in [0.15, 0.2) is 0 Å². The predicted octanol–water partition coefficient (Wildman–Crippen LogP) is -0.530. The highest BCUT2D eigenvalue weighted by molar-refractivity contribution is 5.66. The van der Waals surface area contributed by atoms with Crippen molar-refractivity contribution >= 4 is 11.9 Å². The van der Waals surface area contributed by atoms with E-state index in [9.17, 15) is 9.59 Å². The number of nitrogens with one attached hydrogen (secondary N) is 1. The van der Waals surface area contributed by atoms with Crippen molar-refractivity contribution in [1.82, 2.24) is 5.32 Å². The number of aliphatic hydroxyl groups is 1. The summed E-state index contributed by atoms with van der Waals surface area (Å²) in [6, 6.07) is 0. The van der Waals surface area contributed by atoms with E-state index in [1.165, 1.54) is 13.8 Å². The molecule has 0 aliphatic heterocycles. The zero-order valence-electron chi connectivity index (χ0n) is 11.5. The van der Waals surface area contributed by atoms with E-state index in [1.807, 2.05) is 0 Å². The van der Waals surface area contributed by atoms with Crippen LogP contribution in [-0.4, -0.2) is 62.7 Å². The third-order valence-corrected chi connectivity index (χ3v) is 2.09. The van der Waals surface area contributed by atoms with Crippen LogP contribution in [0.4, 0.5) is 0 Å². The number of rotatable bonds is 11. The number of carbonyl (C=O) groups is 2. The van der Waals surface area contributed by atoms with E-state index in [-0.39, 0.29) is 19.8 Å². The molecular formula is C12H23NO6. The molecule has 0 aromatic carbocycles. The molecule has 0 unspecified atom stereocenters. The molecule has 0 atom stereocenters. The summed E-state index contributed by atoms with van der Waals surface area (Å²) in [5.41, 5.74) is 0. The monoisotopic (exact) mass is 277 g/mol. The largest absolute Gasteiger partial charge is 0.463 e.